The number of nitrogens with zero attached hydrogens (tertiary/aromatic N) is 2. The number of carbonyl (C=O) groups is 3. The number of likely N-dealkylation sites (tertiary alicyclic amines) is 2. The summed E-state index contributed by atoms with van der Waals surface area (Å²) in [4.78, 5) is 40.5. The maximum absolute atomic E-state index is 12.9. The minimum Gasteiger partial charge on any atom is -0.331 e. The molecule has 0 aromatic heterocycles. The van der Waals surface area contributed by atoms with Crippen LogP contribution in [0.2, 0.25) is 0 Å². The zero-order valence-electron chi connectivity index (χ0n) is 15.1. The first kappa shape index (κ1) is 17.3. The minimum absolute atomic E-state index is 0.0276. The van der Waals surface area contributed by atoms with Gasteiger partial charge in [0.15, 0.2) is 0 Å². The summed E-state index contributed by atoms with van der Waals surface area (Å²) in [5, 5.41) is 0. The predicted molar refractivity (Wildman–Crippen MR) is 97.5 cm³/mol. The number of carbonyl (C=O) groups excluding carboxylic acids is 3. The van der Waals surface area contributed by atoms with Gasteiger partial charge in [-0.2, -0.15) is 0 Å². The molecule has 138 valence electrons. The summed E-state index contributed by atoms with van der Waals surface area (Å²) in [6.07, 6.45) is 6.50. The van der Waals surface area contributed by atoms with Crippen molar-refractivity contribution in [2.45, 2.75) is 57.0 Å². The number of fused-ring (bicyclic) bond motifs is 1. The minimum atomic E-state index is -0.369. The number of amides is 2. The van der Waals surface area contributed by atoms with Gasteiger partial charge in [0.2, 0.25) is 11.8 Å². The van der Waals surface area contributed by atoms with E-state index in [4.69, 9.17) is 0 Å². The molecule has 1 aliphatic carbocycles. The largest absolute Gasteiger partial charge is 0.331 e. The molecule has 2 aliphatic heterocycles. The van der Waals surface area contributed by atoms with E-state index in [1.165, 1.54) is 11.1 Å². The third kappa shape index (κ3) is 3.15. The van der Waals surface area contributed by atoms with Crippen molar-refractivity contribution in [3.63, 3.8) is 0 Å². The van der Waals surface area contributed by atoms with Crippen LogP contribution >= 0.6 is 0 Å². The molecule has 1 aromatic carbocycles. The smallest absolute Gasteiger partial charge is 0.245 e. The first-order chi connectivity index (χ1) is 12.7. The van der Waals surface area contributed by atoms with Crippen LogP contribution in [0.1, 0.15) is 43.2 Å². The van der Waals surface area contributed by atoms with Gasteiger partial charge in [0.1, 0.15) is 12.3 Å². The Morgan fingerprint density at radius 2 is 1.65 bits per heavy atom. The molecule has 5 nitrogen and oxygen atoms in total. The van der Waals surface area contributed by atoms with E-state index < -0.39 is 0 Å². The molecule has 26 heavy (non-hydrogen) atoms. The fraction of sp³-hybridized carbons (Fsp3) is 0.571. The Balaban J connectivity index is 1.40. The predicted octanol–water partition coefficient (Wildman–Crippen LogP) is 1.97. The average Bonchev–Trinajstić information content (AvgIpc) is 3.38. The van der Waals surface area contributed by atoms with Crippen LogP contribution in [-0.4, -0.2) is 53.1 Å². The van der Waals surface area contributed by atoms with Crippen LogP contribution < -0.4 is 0 Å². The van der Waals surface area contributed by atoms with Gasteiger partial charge in [-0.25, -0.2) is 0 Å². The Morgan fingerprint density at radius 3 is 2.35 bits per heavy atom. The van der Waals surface area contributed by atoms with E-state index in [-0.39, 0.29) is 23.9 Å². The highest BCUT2D eigenvalue weighted by Gasteiger charge is 2.40. The molecule has 2 heterocycles. The average molecular weight is 354 g/mol. The summed E-state index contributed by atoms with van der Waals surface area (Å²) in [6, 6.07) is 7.73. The molecule has 2 saturated heterocycles. The van der Waals surface area contributed by atoms with E-state index in [1.54, 1.807) is 9.80 Å². The van der Waals surface area contributed by atoms with Crippen LogP contribution in [0, 0.1) is 5.92 Å². The molecule has 0 radical (unpaired) electrons. The van der Waals surface area contributed by atoms with E-state index >= 15 is 0 Å². The molecule has 2 atom stereocenters. The molecule has 0 unspecified atom stereocenters. The van der Waals surface area contributed by atoms with Crippen LogP contribution in [0.15, 0.2) is 24.3 Å². The lowest BCUT2D eigenvalue weighted by atomic mass is 10.0. The third-order valence-corrected chi connectivity index (χ3v) is 6.20. The van der Waals surface area contributed by atoms with Crippen molar-refractivity contribution in [1.29, 1.82) is 0 Å². The van der Waals surface area contributed by atoms with E-state index in [0.717, 1.165) is 44.8 Å². The highest BCUT2D eigenvalue weighted by Crippen LogP contribution is 2.31. The van der Waals surface area contributed by atoms with Crippen molar-refractivity contribution >= 4 is 18.1 Å². The van der Waals surface area contributed by atoms with Crippen molar-refractivity contribution in [3.05, 3.63) is 35.4 Å². The second-order valence-corrected chi connectivity index (χ2v) is 7.87. The zero-order valence-corrected chi connectivity index (χ0v) is 15.1. The van der Waals surface area contributed by atoms with E-state index in [0.29, 0.717) is 25.4 Å². The highest BCUT2D eigenvalue weighted by atomic mass is 16.2. The molecule has 5 heteroatoms. The number of aldehydes is 1. The molecule has 0 spiro atoms. The summed E-state index contributed by atoms with van der Waals surface area (Å²) in [5.41, 5.74) is 2.70. The first-order valence-electron chi connectivity index (χ1n) is 9.79. The Morgan fingerprint density at radius 1 is 1.00 bits per heavy atom. The number of benzene rings is 1. The molecule has 2 amide bonds. The molecule has 0 bridgehead atoms. The van der Waals surface area contributed by atoms with Gasteiger partial charge < -0.3 is 14.6 Å². The second-order valence-electron chi connectivity index (χ2n) is 7.87. The number of rotatable bonds is 4. The first-order valence-corrected chi connectivity index (χ1v) is 9.79. The Bertz CT molecular complexity index is 692. The summed E-state index contributed by atoms with van der Waals surface area (Å²) in [5.74, 6) is 0.409. The number of hydrogen-bond donors (Lipinski definition) is 0. The fourth-order valence-corrected chi connectivity index (χ4v) is 4.88. The summed E-state index contributed by atoms with van der Waals surface area (Å²) in [7, 11) is 0. The number of hydrogen-bond acceptors (Lipinski definition) is 3. The Labute approximate surface area is 154 Å². The van der Waals surface area contributed by atoms with Crippen LogP contribution in [0.5, 0.6) is 0 Å². The quantitative estimate of drug-likeness (QED) is 0.777. The van der Waals surface area contributed by atoms with E-state index in [9.17, 15) is 14.4 Å². The van der Waals surface area contributed by atoms with Gasteiger partial charge in [-0.3, -0.25) is 9.59 Å². The maximum atomic E-state index is 12.9. The Kier molecular flexibility index (Phi) is 4.79. The Hall–Kier alpha value is -2.17. The highest BCUT2D eigenvalue weighted by molar-refractivity contribution is 5.90. The lowest BCUT2D eigenvalue weighted by Gasteiger charge is -2.30. The van der Waals surface area contributed by atoms with Gasteiger partial charge in [0.25, 0.3) is 0 Å². The topological polar surface area (TPSA) is 57.7 Å². The van der Waals surface area contributed by atoms with Crippen molar-refractivity contribution < 1.29 is 14.4 Å². The lowest BCUT2D eigenvalue weighted by molar-refractivity contribution is -0.145. The normalized spacial score (nSPS) is 25.5. The molecule has 4 rings (SSSR count). The van der Waals surface area contributed by atoms with Crippen LogP contribution in [0.3, 0.4) is 0 Å². The van der Waals surface area contributed by atoms with Gasteiger partial charge >= 0.3 is 0 Å². The SMILES string of the molecule is O=C[C@@H]1CCCN1C(=O)[C@@H]1CCCN1C(=O)CC1Cc2ccccc2C1. The van der Waals surface area contributed by atoms with E-state index in [1.807, 2.05) is 0 Å². The van der Waals surface area contributed by atoms with Crippen molar-refractivity contribution in [2.75, 3.05) is 13.1 Å². The summed E-state index contributed by atoms with van der Waals surface area (Å²) >= 11 is 0. The van der Waals surface area contributed by atoms with Gasteiger partial charge in [-0.1, -0.05) is 24.3 Å². The molecule has 3 aliphatic rings. The zero-order chi connectivity index (χ0) is 18.1. The molecule has 0 N–H and O–H groups in total. The lowest BCUT2D eigenvalue weighted by Crippen LogP contribution is -2.49. The molecule has 1 aromatic rings. The van der Waals surface area contributed by atoms with Crippen LogP contribution in [0.25, 0.3) is 0 Å². The third-order valence-electron chi connectivity index (χ3n) is 6.20. The van der Waals surface area contributed by atoms with Crippen molar-refractivity contribution in [1.82, 2.24) is 9.80 Å². The van der Waals surface area contributed by atoms with Crippen molar-refractivity contribution in [2.24, 2.45) is 5.92 Å². The standard InChI is InChI=1S/C21H26N2O3/c24-14-18-7-3-9-22(18)21(26)19-8-4-10-23(19)20(25)13-15-11-16-5-1-2-6-17(16)12-15/h1-2,5-6,14-15,18-19H,3-4,7-13H2/t18-,19-/m0/s1. The van der Waals surface area contributed by atoms with Gasteiger partial charge in [0, 0.05) is 19.5 Å². The summed E-state index contributed by atoms with van der Waals surface area (Å²) in [6.45, 7) is 1.30. The summed E-state index contributed by atoms with van der Waals surface area (Å²) < 4.78 is 0. The van der Waals surface area contributed by atoms with Gasteiger partial charge in [-0.05, 0) is 55.6 Å². The van der Waals surface area contributed by atoms with Crippen LogP contribution in [-0.2, 0) is 27.2 Å². The van der Waals surface area contributed by atoms with Gasteiger partial charge in [0.05, 0.1) is 6.04 Å². The van der Waals surface area contributed by atoms with Crippen LogP contribution in [0.4, 0.5) is 0 Å². The molecule has 2 fully saturated rings. The van der Waals surface area contributed by atoms with E-state index in [2.05, 4.69) is 24.3 Å². The monoisotopic (exact) mass is 354 g/mol. The maximum Gasteiger partial charge on any atom is 0.245 e. The van der Waals surface area contributed by atoms with Gasteiger partial charge in [-0.15, -0.1) is 0 Å². The van der Waals surface area contributed by atoms with Crippen molar-refractivity contribution in [3.8, 4) is 0 Å². The second kappa shape index (κ2) is 7.22. The molecular formula is C21H26N2O3. The molecular weight excluding hydrogens is 328 g/mol. The molecule has 0 saturated carbocycles. The fourth-order valence-electron chi connectivity index (χ4n) is 4.88.